The highest BCUT2D eigenvalue weighted by Gasteiger charge is 2.27. The van der Waals surface area contributed by atoms with Gasteiger partial charge < -0.3 is 15.4 Å². The number of allylic oxidation sites excluding steroid dienone is 3. The number of carbonyl (C=O) groups is 1. The topological polar surface area (TPSA) is 141 Å². The first-order valence-corrected chi connectivity index (χ1v) is 11.1. The lowest BCUT2D eigenvalue weighted by molar-refractivity contribution is -0.109. The first-order chi connectivity index (χ1) is 15.7. The van der Waals surface area contributed by atoms with Gasteiger partial charge >= 0.3 is 6.18 Å². The van der Waals surface area contributed by atoms with E-state index in [1.165, 1.54) is 18.3 Å². The Hall–Kier alpha value is -3.15. The molecule has 1 heterocycles. The summed E-state index contributed by atoms with van der Waals surface area (Å²) in [7, 11) is 0. The zero-order valence-corrected chi connectivity index (χ0v) is 18.8. The van der Waals surface area contributed by atoms with E-state index in [1.54, 1.807) is 18.2 Å². The van der Waals surface area contributed by atoms with E-state index in [0.717, 1.165) is 36.5 Å². The van der Waals surface area contributed by atoms with Crippen LogP contribution in [0.1, 0.15) is 32.1 Å². The first-order valence-electron chi connectivity index (χ1n) is 10.1. The van der Waals surface area contributed by atoms with E-state index < -0.39 is 17.6 Å². The summed E-state index contributed by atoms with van der Waals surface area (Å²) in [5, 5.41) is 34.7. The van der Waals surface area contributed by atoms with Gasteiger partial charge in [-0.05, 0) is 49.4 Å². The van der Waals surface area contributed by atoms with E-state index >= 15 is 0 Å². The summed E-state index contributed by atoms with van der Waals surface area (Å²) < 4.78 is 41.4. The molecule has 1 aromatic heterocycles. The molecule has 0 spiro atoms. The van der Waals surface area contributed by atoms with Crippen molar-refractivity contribution in [3.8, 4) is 0 Å². The van der Waals surface area contributed by atoms with Gasteiger partial charge in [-0.2, -0.15) is 13.2 Å². The van der Waals surface area contributed by atoms with Crippen LogP contribution in [0.3, 0.4) is 0 Å². The fraction of sp³-hybridized carbons (Fsp3) is 0.381. The minimum atomic E-state index is -4.39. The third-order valence-corrected chi connectivity index (χ3v) is 5.11. The largest absolute Gasteiger partial charge is 0.399 e. The van der Waals surface area contributed by atoms with E-state index in [4.69, 9.17) is 21.6 Å². The van der Waals surface area contributed by atoms with Crippen LogP contribution in [-0.4, -0.2) is 47.2 Å². The second kappa shape index (κ2) is 14.8. The SMILES string of the molecule is N=C/C(C(=N)C(=N)n1ccccc1=N)=C(\C=C\CCCCCCNC=O)NSCC(F)(F)F. The van der Waals surface area contributed by atoms with Crippen molar-refractivity contribution >= 4 is 36.1 Å². The lowest BCUT2D eigenvalue weighted by atomic mass is 10.1. The van der Waals surface area contributed by atoms with Gasteiger partial charge in [0.15, 0.2) is 5.84 Å². The predicted molar refractivity (Wildman–Crippen MR) is 125 cm³/mol. The van der Waals surface area contributed by atoms with E-state index in [9.17, 15) is 18.0 Å². The van der Waals surface area contributed by atoms with Crippen molar-refractivity contribution in [3.63, 3.8) is 0 Å². The van der Waals surface area contributed by atoms with Gasteiger partial charge in [-0.25, -0.2) is 0 Å². The molecule has 180 valence electrons. The van der Waals surface area contributed by atoms with Crippen LogP contribution in [0.4, 0.5) is 13.2 Å². The molecule has 0 aliphatic rings. The van der Waals surface area contributed by atoms with Crippen molar-refractivity contribution in [2.75, 3.05) is 12.3 Å². The maximum Gasteiger partial charge on any atom is 0.399 e. The summed E-state index contributed by atoms with van der Waals surface area (Å²) in [6.45, 7) is 0.614. The zero-order chi connectivity index (χ0) is 24.7. The quantitative estimate of drug-likeness (QED) is 0.0565. The van der Waals surface area contributed by atoms with Crippen LogP contribution >= 0.6 is 11.9 Å². The molecule has 0 aliphatic heterocycles. The predicted octanol–water partition coefficient (Wildman–Crippen LogP) is 3.77. The van der Waals surface area contributed by atoms with Crippen molar-refractivity contribution < 1.29 is 18.0 Å². The Morgan fingerprint density at radius 2 is 1.88 bits per heavy atom. The van der Waals surface area contributed by atoms with Crippen molar-refractivity contribution in [2.45, 2.75) is 38.3 Å². The number of rotatable bonds is 15. The highest BCUT2D eigenvalue weighted by atomic mass is 32.2. The monoisotopic (exact) mass is 483 g/mol. The van der Waals surface area contributed by atoms with Gasteiger partial charge in [-0.15, -0.1) is 0 Å². The molecule has 0 bridgehead atoms. The van der Waals surface area contributed by atoms with Crippen molar-refractivity contribution in [2.24, 2.45) is 0 Å². The van der Waals surface area contributed by atoms with Crippen LogP contribution in [-0.2, 0) is 4.79 Å². The van der Waals surface area contributed by atoms with Gasteiger partial charge in [-0.3, -0.25) is 25.6 Å². The van der Waals surface area contributed by atoms with Crippen molar-refractivity contribution in [3.05, 3.63) is 53.3 Å². The maximum atomic E-state index is 12.6. The van der Waals surface area contributed by atoms with Crippen LogP contribution in [0.25, 0.3) is 0 Å². The molecule has 8 nitrogen and oxygen atoms in total. The molecule has 1 amide bonds. The molecule has 12 heteroatoms. The van der Waals surface area contributed by atoms with Gasteiger partial charge in [-0.1, -0.05) is 25.0 Å². The third kappa shape index (κ3) is 10.8. The zero-order valence-electron chi connectivity index (χ0n) is 18.0. The first kappa shape index (κ1) is 27.9. The molecule has 0 aliphatic carbocycles. The van der Waals surface area contributed by atoms with E-state index in [2.05, 4.69) is 10.0 Å². The summed E-state index contributed by atoms with van der Waals surface area (Å²) in [6.07, 6.45) is 5.90. The smallest absolute Gasteiger partial charge is 0.359 e. The Bertz CT molecular complexity index is 938. The molecule has 1 aromatic rings. The molecule has 0 saturated carbocycles. The van der Waals surface area contributed by atoms with Gasteiger partial charge in [0, 0.05) is 24.5 Å². The second-order valence-electron chi connectivity index (χ2n) is 6.83. The number of aromatic nitrogens is 1. The standard InChI is InChI=1S/C21H28F3N7OS/c22-21(23,24)14-33-30-17(9-5-3-1-2-4-7-11-29-15-32)16(13-25)19(27)20(28)31-12-8-6-10-18(31)26/h5-6,8-10,12-13,15,25-28,30H,1-4,7,11,14H2,(H,29,32)/b9-5+,17-16-,25-13?,26-18?,27-19?,28-20?. The number of pyridine rings is 1. The van der Waals surface area contributed by atoms with Gasteiger partial charge in [0.25, 0.3) is 0 Å². The van der Waals surface area contributed by atoms with Gasteiger partial charge in [0.1, 0.15) is 17.0 Å². The molecule has 0 unspecified atom stereocenters. The average molecular weight is 484 g/mol. The normalized spacial score (nSPS) is 12.2. The molecule has 0 saturated heterocycles. The molecular formula is C21H28F3N7OS. The number of hydrogen-bond donors (Lipinski definition) is 6. The number of hydrogen-bond acceptors (Lipinski definition) is 7. The van der Waals surface area contributed by atoms with Crippen LogP contribution < -0.4 is 15.5 Å². The number of halogens is 3. The van der Waals surface area contributed by atoms with Crippen molar-refractivity contribution in [1.82, 2.24) is 14.6 Å². The Balaban J connectivity index is 2.95. The number of nitrogens with one attached hydrogen (secondary N) is 6. The van der Waals surface area contributed by atoms with Gasteiger partial charge in [0.2, 0.25) is 6.41 Å². The number of amides is 1. The second-order valence-corrected chi connectivity index (χ2v) is 7.62. The molecule has 0 aromatic carbocycles. The molecule has 0 atom stereocenters. The van der Waals surface area contributed by atoms with E-state index in [0.29, 0.717) is 31.3 Å². The minimum absolute atomic E-state index is 0.0450. The number of alkyl halides is 3. The molecule has 0 fully saturated rings. The highest BCUT2D eigenvalue weighted by molar-refractivity contribution is 7.97. The summed E-state index contributed by atoms with van der Waals surface area (Å²) in [4.78, 5) is 10.2. The minimum Gasteiger partial charge on any atom is -0.359 e. The van der Waals surface area contributed by atoms with Gasteiger partial charge in [0.05, 0.1) is 5.70 Å². The van der Waals surface area contributed by atoms with Crippen LogP contribution in [0.5, 0.6) is 0 Å². The van der Waals surface area contributed by atoms with Crippen LogP contribution in [0, 0.1) is 21.6 Å². The summed E-state index contributed by atoms with van der Waals surface area (Å²) in [5.74, 6) is -1.55. The number of carbonyl (C=O) groups excluding carboxylic acids is 1. The Kier molecular flexibility index (Phi) is 12.5. The lowest BCUT2D eigenvalue weighted by Crippen LogP contribution is -2.33. The lowest BCUT2D eigenvalue weighted by Gasteiger charge is -2.15. The summed E-state index contributed by atoms with van der Waals surface area (Å²) in [5.41, 5.74) is -0.414. The number of unbranched alkanes of at least 4 members (excludes halogenated alkanes) is 4. The number of nitrogens with zero attached hydrogens (tertiary/aromatic N) is 1. The fourth-order valence-electron chi connectivity index (χ4n) is 2.65. The van der Waals surface area contributed by atoms with E-state index in [-0.39, 0.29) is 22.6 Å². The summed E-state index contributed by atoms with van der Waals surface area (Å²) in [6, 6.07) is 4.62. The summed E-state index contributed by atoms with van der Waals surface area (Å²) >= 11 is 0.386. The molecule has 0 radical (unpaired) electrons. The molecule has 6 N–H and O–H groups in total. The van der Waals surface area contributed by atoms with Crippen LogP contribution in [0.2, 0.25) is 0 Å². The Morgan fingerprint density at radius 1 is 1.15 bits per heavy atom. The molecule has 1 rings (SSSR count). The molecular weight excluding hydrogens is 455 g/mol. The molecule has 33 heavy (non-hydrogen) atoms. The van der Waals surface area contributed by atoms with Crippen molar-refractivity contribution in [1.29, 1.82) is 21.6 Å². The average Bonchev–Trinajstić information content (AvgIpc) is 2.77. The van der Waals surface area contributed by atoms with E-state index in [1.807, 2.05) is 0 Å². The maximum absolute atomic E-state index is 12.6. The highest BCUT2D eigenvalue weighted by Crippen LogP contribution is 2.21. The third-order valence-electron chi connectivity index (χ3n) is 4.27. The fourth-order valence-corrected chi connectivity index (χ4v) is 3.22. The van der Waals surface area contributed by atoms with Crippen LogP contribution in [0.15, 0.2) is 47.8 Å². The Labute approximate surface area is 194 Å². The Morgan fingerprint density at radius 3 is 2.52 bits per heavy atom.